The van der Waals surface area contributed by atoms with E-state index in [0.29, 0.717) is 62.9 Å². The summed E-state index contributed by atoms with van der Waals surface area (Å²) in [5.74, 6) is -1.66. The van der Waals surface area contributed by atoms with Crippen molar-refractivity contribution in [3.05, 3.63) is 45.9 Å². The van der Waals surface area contributed by atoms with Gasteiger partial charge in [0.15, 0.2) is 6.10 Å². The van der Waals surface area contributed by atoms with Gasteiger partial charge in [-0.3, -0.25) is 19.2 Å². The SMILES string of the molecule is CCCCCCN(C(=O)CCCC)C(CC(OC(C)=O)c1nc(C(=O)NC(Cc2ccc(N)cc2)CC(C)(C)C(=O)O)cs1)C(C)C.CO.NCCOCCOCCN1CCCCC1. The van der Waals surface area contributed by atoms with Crippen molar-refractivity contribution < 1.29 is 43.6 Å². The van der Waals surface area contributed by atoms with Crippen LogP contribution in [0.4, 0.5) is 5.69 Å². The molecule has 64 heavy (non-hydrogen) atoms. The molecule has 2 aromatic rings. The summed E-state index contributed by atoms with van der Waals surface area (Å²) in [7, 11) is 1.00. The van der Waals surface area contributed by atoms with Crippen LogP contribution in [0.5, 0.6) is 0 Å². The van der Waals surface area contributed by atoms with Crippen molar-refractivity contribution in [2.45, 2.75) is 150 Å². The molecule has 0 bridgehead atoms. The maximum atomic E-state index is 13.5. The Morgan fingerprint density at radius 1 is 0.938 bits per heavy atom. The first kappa shape index (κ1) is 58.3. The molecule has 7 N–H and O–H groups in total. The van der Waals surface area contributed by atoms with Crippen LogP contribution >= 0.6 is 11.3 Å². The standard InChI is InChI=1S/C36H56N4O6S.C11H24N2O2.CH4O/c1-8-10-12-13-19-40(32(42)14-11-9-2)30(24(3)4)21-31(46-25(5)41)34-39-29(23-47-34)33(43)38-28(22-36(6,7)35(44)45)20-26-15-17-27(37)18-16-26;12-4-8-14-10-11-15-9-7-13-5-2-1-3-6-13;1-2/h15-18,23-24,28,30-31H,8-14,19-22,37H2,1-7H3,(H,38,43)(H,44,45);1-12H2;2H,1H3. The van der Waals surface area contributed by atoms with E-state index >= 15 is 0 Å². The number of carbonyl (C=O) groups is 4. The van der Waals surface area contributed by atoms with Gasteiger partial charge in [0.25, 0.3) is 5.91 Å². The molecule has 1 aliphatic heterocycles. The number of nitrogens with two attached hydrogens (primary N) is 2. The van der Waals surface area contributed by atoms with E-state index in [-0.39, 0.29) is 30.0 Å². The molecule has 0 aliphatic carbocycles. The zero-order valence-corrected chi connectivity index (χ0v) is 41.2. The number of hydrogen-bond acceptors (Lipinski definition) is 13. The summed E-state index contributed by atoms with van der Waals surface area (Å²) >= 11 is 1.23. The van der Waals surface area contributed by atoms with Crippen molar-refractivity contribution in [2.75, 3.05) is 72.0 Å². The lowest BCUT2D eigenvalue weighted by atomic mass is 9.84. The van der Waals surface area contributed by atoms with Gasteiger partial charge >= 0.3 is 11.9 Å². The second-order valence-corrected chi connectivity index (χ2v) is 18.3. The van der Waals surface area contributed by atoms with Crippen LogP contribution in [-0.2, 0) is 35.0 Å². The quantitative estimate of drug-likeness (QED) is 0.0309. The number of anilines is 1. The predicted octanol–water partition coefficient (Wildman–Crippen LogP) is 7.26. The van der Waals surface area contributed by atoms with Gasteiger partial charge in [-0.2, -0.15) is 0 Å². The molecule has 3 unspecified atom stereocenters. The fraction of sp³-hybridized carbons (Fsp3) is 0.729. The van der Waals surface area contributed by atoms with Crippen LogP contribution in [0, 0.1) is 11.3 Å². The number of aliphatic carboxylic acids is 1. The number of unbranched alkanes of at least 4 members (excludes halogenated alkanes) is 4. The number of carboxylic acids is 1. The smallest absolute Gasteiger partial charge is 0.309 e. The number of nitrogens with zero attached hydrogens (tertiary/aromatic N) is 3. The Hall–Kier alpha value is -3.67. The van der Waals surface area contributed by atoms with E-state index < -0.39 is 35.4 Å². The zero-order chi connectivity index (χ0) is 47.9. The summed E-state index contributed by atoms with van der Waals surface area (Å²) < 4.78 is 16.5. The number of thiazole rings is 1. The van der Waals surface area contributed by atoms with Crippen LogP contribution in [0.3, 0.4) is 0 Å². The number of rotatable bonds is 29. The van der Waals surface area contributed by atoms with Crippen molar-refractivity contribution in [3.8, 4) is 0 Å². The van der Waals surface area contributed by atoms with E-state index in [1.807, 2.05) is 17.0 Å². The van der Waals surface area contributed by atoms with Crippen molar-refractivity contribution in [1.29, 1.82) is 0 Å². The number of likely N-dealkylation sites (tertiary alicyclic amines) is 1. The number of carbonyl (C=O) groups excluding carboxylic acids is 3. The third kappa shape index (κ3) is 24.0. The fourth-order valence-corrected chi connectivity index (χ4v) is 8.27. The van der Waals surface area contributed by atoms with E-state index in [1.165, 1.54) is 50.6 Å². The van der Waals surface area contributed by atoms with Gasteiger partial charge in [0.2, 0.25) is 5.91 Å². The number of aliphatic hydroxyl groups is 1. The zero-order valence-electron chi connectivity index (χ0n) is 40.4. The van der Waals surface area contributed by atoms with Crippen molar-refractivity contribution in [1.82, 2.24) is 20.1 Å². The molecule has 1 fully saturated rings. The lowest BCUT2D eigenvalue weighted by molar-refractivity contribution is -0.149. The highest BCUT2D eigenvalue weighted by molar-refractivity contribution is 7.09. The third-order valence-corrected chi connectivity index (χ3v) is 12.0. The molecule has 16 heteroatoms. The Kier molecular flexibility index (Phi) is 30.8. The summed E-state index contributed by atoms with van der Waals surface area (Å²) in [6.07, 6.45) is 10.7. The van der Waals surface area contributed by atoms with Crippen LogP contribution in [0.1, 0.15) is 153 Å². The van der Waals surface area contributed by atoms with Gasteiger partial charge in [-0.1, -0.05) is 71.9 Å². The number of aromatic nitrogens is 1. The summed E-state index contributed by atoms with van der Waals surface area (Å²) in [5, 5.41) is 21.9. The molecule has 2 amide bonds. The summed E-state index contributed by atoms with van der Waals surface area (Å²) in [4.78, 5) is 60.2. The third-order valence-electron chi connectivity index (χ3n) is 11.0. The van der Waals surface area contributed by atoms with E-state index in [9.17, 15) is 24.3 Å². The number of amides is 2. The number of carboxylic acid groups (broad SMARTS) is 1. The molecular weight excluding hydrogens is 837 g/mol. The Balaban J connectivity index is 0.00000101. The van der Waals surface area contributed by atoms with Crippen molar-refractivity contribution >= 4 is 40.8 Å². The Bertz CT molecular complexity index is 1570. The second-order valence-electron chi connectivity index (χ2n) is 17.4. The normalized spacial score (nSPS) is 14.3. The van der Waals surface area contributed by atoms with E-state index in [0.717, 1.165) is 64.3 Å². The van der Waals surface area contributed by atoms with Crippen LogP contribution in [-0.4, -0.2) is 127 Å². The monoisotopic (exact) mass is 921 g/mol. The highest BCUT2D eigenvalue weighted by Gasteiger charge is 2.34. The van der Waals surface area contributed by atoms with Crippen LogP contribution in [0.25, 0.3) is 0 Å². The first-order chi connectivity index (χ1) is 30.6. The molecule has 2 heterocycles. The van der Waals surface area contributed by atoms with Crippen LogP contribution < -0.4 is 16.8 Å². The predicted molar refractivity (Wildman–Crippen MR) is 256 cm³/mol. The van der Waals surface area contributed by atoms with Crippen LogP contribution in [0.15, 0.2) is 29.6 Å². The number of aliphatic hydroxyl groups excluding tert-OH is 1. The number of hydrogen-bond donors (Lipinski definition) is 5. The molecule has 0 radical (unpaired) electrons. The Morgan fingerprint density at radius 2 is 1.58 bits per heavy atom. The maximum absolute atomic E-state index is 13.5. The molecule has 1 aliphatic rings. The van der Waals surface area contributed by atoms with Crippen LogP contribution in [0.2, 0.25) is 0 Å². The van der Waals surface area contributed by atoms with E-state index in [1.54, 1.807) is 31.4 Å². The van der Waals surface area contributed by atoms with E-state index in [2.05, 4.69) is 42.9 Å². The molecule has 3 atom stereocenters. The number of nitrogen functional groups attached to an aromatic ring is 1. The average molecular weight is 921 g/mol. The Labute approximate surface area is 388 Å². The van der Waals surface area contributed by atoms with Gasteiger partial charge in [-0.05, 0) is 89.1 Å². The summed E-state index contributed by atoms with van der Waals surface area (Å²) in [6.45, 7) is 20.6. The molecule has 15 nitrogen and oxygen atoms in total. The van der Waals surface area contributed by atoms with Gasteiger partial charge in [0, 0.05) is 69.7 Å². The van der Waals surface area contributed by atoms with Gasteiger partial charge < -0.3 is 51.0 Å². The van der Waals surface area contributed by atoms with Gasteiger partial charge in [-0.25, -0.2) is 4.98 Å². The van der Waals surface area contributed by atoms with E-state index in [4.69, 9.17) is 30.8 Å². The minimum Gasteiger partial charge on any atom is -0.481 e. The number of piperidine rings is 1. The maximum Gasteiger partial charge on any atom is 0.309 e. The molecule has 1 saturated heterocycles. The van der Waals surface area contributed by atoms with Gasteiger partial charge in [0.05, 0.1) is 31.8 Å². The van der Waals surface area contributed by atoms with Gasteiger partial charge in [-0.15, -0.1) is 11.3 Å². The highest BCUT2D eigenvalue weighted by atomic mass is 32.1. The fourth-order valence-electron chi connectivity index (χ4n) is 7.43. The molecule has 366 valence electrons. The average Bonchev–Trinajstić information content (AvgIpc) is 3.77. The summed E-state index contributed by atoms with van der Waals surface area (Å²) in [5.41, 5.74) is 11.7. The van der Waals surface area contributed by atoms with Gasteiger partial charge in [0.1, 0.15) is 10.7 Å². The topological polar surface area (TPSA) is 220 Å². The number of esters is 1. The lowest BCUT2D eigenvalue weighted by Gasteiger charge is -2.36. The van der Waals surface area contributed by atoms with Crippen molar-refractivity contribution in [3.63, 3.8) is 0 Å². The number of benzene rings is 1. The first-order valence-electron chi connectivity index (χ1n) is 23.4. The molecule has 0 saturated carbocycles. The molecule has 0 spiro atoms. The summed E-state index contributed by atoms with van der Waals surface area (Å²) in [6, 6.07) is 6.58. The number of nitrogens with one attached hydrogen (secondary N) is 1. The minimum atomic E-state index is -1.08. The number of ether oxygens (including phenoxy) is 3. The molecule has 3 rings (SSSR count). The molecule has 1 aromatic carbocycles. The lowest BCUT2D eigenvalue weighted by Crippen LogP contribution is -2.45. The van der Waals surface area contributed by atoms with Crippen molar-refractivity contribution in [2.24, 2.45) is 17.1 Å². The largest absolute Gasteiger partial charge is 0.481 e. The Morgan fingerprint density at radius 3 is 2.16 bits per heavy atom. The highest BCUT2D eigenvalue weighted by Crippen LogP contribution is 2.32. The second kappa shape index (κ2) is 33.8. The molecule has 1 aromatic heterocycles. The first-order valence-corrected chi connectivity index (χ1v) is 24.3. The minimum absolute atomic E-state index is 0.0965. The molecular formula is C48H84N6O9S.